The Morgan fingerprint density at radius 2 is 2.12 bits per heavy atom. The second kappa shape index (κ2) is 8.96. The van der Waals surface area contributed by atoms with Crippen LogP contribution in [0.25, 0.3) is 6.08 Å². The van der Waals surface area contributed by atoms with Gasteiger partial charge in [-0.05, 0) is 42.5 Å². The Morgan fingerprint density at radius 3 is 2.79 bits per heavy atom. The minimum absolute atomic E-state index is 0.202. The van der Waals surface area contributed by atoms with Gasteiger partial charge in [-0.25, -0.2) is 4.98 Å². The maximum absolute atomic E-state index is 11.1. The zero-order chi connectivity index (χ0) is 17.4. The number of aromatic nitrogens is 2. The van der Waals surface area contributed by atoms with Gasteiger partial charge in [0.05, 0.1) is 6.20 Å². The molecule has 4 nitrogen and oxygen atoms in total. The van der Waals surface area contributed by atoms with Gasteiger partial charge in [0.15, 0.2) is 0 Å². The number of allylic oxidation sites excluding steroid dienone is 1. The van der Waals surface area contributed by atoms with E-state index in [1.54, 1.807) is 19.3 Å². The van der Waals surface area contributed by atoms with Gasteiger partial charge in [-0.3, -0.25) is 4.98 Å². The monoisotopic (exact) mass is 324 g/mol. The molecule has 0 saturated heterocycles. The van der Waals surface area contributed by atoms with E-state index in [-0.39, 0.29) is 11.7 Å². The van der Waals surface area contributed by atoms with E-state index in [4.69, 9.17) is 4.74 Å². The molecule has 0 bridgehead atoms. The van der Waals surface area contributed by atoms with Crippen molar-refractivity contribution < 1.29 is 9.53 Å². The average Bonchev–Trinajstić information content (AvgIpc) is 2.54. The fourth-order valence-corrected chi connectivity index (χ4v) is 2.41. The molecular formula is C20H24N2O2. The largest absolute Gasteiger partial charge is 0.437 e. The molecule has 0 aliphatic rings. The van der Waals surface area contributed by atoms with Crippen LogP contribution >= 0.6 is 0 Å². The van der Waals surface area contributed by atoms with Gasteiger partial charge in [0.2, 0.25) is 5.88 Å². The van der Waals surface area contributed by atoms with E-state index >= 15 is 0 Å². The average molecular weight is 324 g/mol. The third kappa shape index (κ3) is 5.95. The summed E-state index contributed by atoms with van der Waals surface area (Å²) in [7, 11) is 0. The van der Waals surface area contributed by atoms with Crippen LogP contribution in [0.2, 0.25) is 0 Å². The Kier molecular flexibility index (Phi) is 6.67. The molecule has 0 unspecified atom stereocenters. The highest BCUT2D eigenvalue weighted by molar-refractivity contribution is 5.76. The Bertz CT molecular complexity index is 693. The van der Waals surface area contributed by atoms with Gasteiger partial charge in [0.25, 0.3) is 0 Å². The van der Waals surface area contributed by atoms with Crippen molar-refractivity contribution in [1.29, 1.82) is 0 Å². The second-order valence-corrected chi connectivity index (χ2v) is 6.05. The van der Waals surface area contributed by atoms with E-state index in [1.165, 1.54) is 0 Å². The molecule has 0 N–H and O–H groups in total. The van der Waals surface area contributed by atoms with Crippen molar-refractivity contribution in [3.63, 3.8) is 0 Å². The topological polar surface area (TPSA) is 52.1 Å². The van der Waals surface area contributed by atoms with Crippen LogP contribution < -0.4 is 4.74 Å². The van der Waals surface area contributed by atoms with Gasteiger partial charge in [-0.2, -0.15) is 0 Å². The lowest BCUT2D eigenvalue weighted by molar-refractivity contribution is -0.117. The van der Waals surface area contributed by atoms with Crippen molar-refractivity contribution in [3.8, 4) is 11.6 Å². The van der Waals surface area contributed by atoms with Crippen LogP contribution in [-0.4, -0.2) is 15.8 Å². The number of ketones is 1. The van der Waals surface area contributed by atoms with E-state index in [0.29, 0.717) is 18.1 Å². The molecule has 2 aromatic rings. The molecule has 0 spiro atoms. The predicted octanol–water partition coefficient (Wildman–Crippen LogP) is 4.85. The zero-order valence-corrected chi connectivity index (χ0v) is 14.5. The summed E-state index contributed by atoms with van der Waals surface area (Å²) < 4.78 is 5.76. The van der Waals surface area contributed by atoms with Crippen LogP contribution in [0.15, 0.2) is 42.9 Å². The fraction of sp³-hybridized carbons (Fsp3) is 0.350. The number of nitrogens with zero attached hydrogens (tertiary/aromatic N) is 2. The molecule has 0 fully saturated rings. The summed E-state index contributed by atoms with van der Waals surface area (Å²) in [5.41, 5.74) is 2.14. The molecular weight excluding hydrogens is 300 g/mol. The van der Waals surface area contributed by atoms with E-state index in [0.717, 1.165) is 24.0 Å². The molecule has 2 rings (SSSR count). The molecule has 2 heterocycles. The molecule has 0 aliphatic heterocycles. The molecule has 0 aromatic carbocycles. The lowest BCUT2D eigenvalue weighted by Crippen LogP contribution is -1.97. The summed E-state index contributed by atoms with van der Waals surface area (Å²) in [6, 6.07) is 5.78. The molecule has 0 amide bonds. The lowest BCUT2D eigenvalue weighted by atomic mass is 10.0. The number of hydrogen-bond donors (Lipinski definition) is 0. The first kappa shape index (κ1) is 17.9. The Balaban J connectivity index is 1.98. The first-order chi connectivity index (χ1) is 11.6. The number of Topliss-reactive ketones (excluding diaryl/α,β-unsaturated/α-hetero) is 1. The molecule has 2 aromatic heterocycles. The maximum Gasteiger partial charge on any atom is 0.219 e. The van der Waals surface area contributed by atoms with E-state index in [9.17, 15) is 4.79 Å². The third-order valence-electron chi connectivity index (χ3n) is 3.52. The van der Waals surface area contributed by atoms with Gasteiger partial charge in [-0.1, -0.05) is 32.4 Å². The SMILES string of the molecule is CCCc1cncc(Oc2ccc(/C=C/[C@H](C)CC(C)=O)cn2)c1. The highest BCUT2D eigenvalue weighted by Crippen LogP contribution is 2.20. The maximum atomic E-state index is 11.1. The van der Waals surface area contributed by atoms with Crippen LogP contribution in [-0.2, 0) is 11.2 Å². The first-order valence-electron chi connectivity index (χ1n) is 8.32. The molecule has 0 radical (unpaired) electrons. The molecule has 24 heavy (non-hydrogen) atoms. The van der Waals surface area contributed by atoms with Crippen molar-refractivity contribution >= 4 is 11.9 Å². The molecule has 4 heteroatoms. The number of hydrogen-bond acceptors (Lipinski definition) is 4. The minimum atomic E-state index is 0.202. The number of ether oxygens (including phenoxy) is 1. The van der Waals surface area contributed by atoms with Crippen molar-refractivity contribution in [2.45, 2.75) is 40.0 Å². The zero-order valence-electron chi connectivity index (χ0n) is 14.5. The quantitative estimate of drug-likeness (QED) is 0.696. The van der Waals surface area contributed by atoms with Gasteiger partial charge >= 0.3 is 0 Å². The minimum Gasteiger partial charge on any atom is -0.437 e. The van der Waals surface area contributed by atoms with Crippen LogP contribution in [0, 0.1) is 5.92 Å². The molecule has 0 saturated carbocycles. The van der Waals surface area contributed by atoms with E-state index < -0.39 is 0 Å². The smallest absolute Gasteiger partial charge is 0.219 e. The van der Waals surface area contributed by atoms with Gasteiger partial charge in [0, 0.05) is 24.9 Å². The number of aryl methyl sites for hydroxylation is 1. The summed E-state index contributed by atoms with van der Waals surface area (Å²) in [6.07, 6.45) is 11.9. The van der Waals surface area contributed by atoms with Crippen LogP contribution in [0.4, 0.5) is 0 Å². The first-order valence-corrected chi connectivity index (χ1v) is 8.32. The third-order valence-corrected chi connectivity index (χ3v) is 3.52. The number of rotatable bonds is 8. The van der Waals surface area contributed by atoms with Crippen molar-refractivity contribution in [3.05, 3.63) is 54.0 Å². The van der Waals surface area contributed by atoms with Crippen LogP contribution in [0.3, 0.4) is 0 Å². The van der Waals surface area contributed by atoms with Gasteiger partial charge < -0.3 is 9.53 Å². The molecule has 126 valence electrons. The fourth-order valence-electron chi connectivity index (χ4n) is 2.41. The predicted molar refractivity (Wildman–Crippen MR) is 96.0 cm³/mol. The van der Waals surface area contributed by atoms with Crippen molar-refractivity contribution in [1.82, 2.24) is 9.97 Å². The Labute approximate surface area is 143 Å². The Hall–Kier alpha value is -2.49. The van der Waals surface area contributed by atoms with E-state index in [1.807, 2.05) is 43.5 Å². The van der Waals surface area contributed by atoms with Crippen LogP contribution in [0.5, 0.6) is 11.6 Å². The normalized spacial score (nSPS) is 12.3. The van der Waals surface area contributed by atoms with Gasteiger partial charge in [-0.15, -0.1) is 0 Å². The highest BCUT2D eigenvalue weighted by Gasteiger charge is 2.03. The number of pyridine rings is 2. The standard InChI is InChI=1S/C20H24N2O2/c1-4-5-18-11-19(14-21-12-18)24-20-9-8-17(13-22-20)7-6-15(2)10-16(3)23/h6-9,11-15H,4-5,10H2,1-3H3/b7-6+/t15-/m0/s1. The number of carbonyl (C=O) groups is 1. The molecule has 0 aliphatic carbocycles. The van der Waals surface area contributed by atoms with Crippen LogP contribution in [0.1, 0.15) is 44.7 Å². The van der Waals surface area contributed by atoms with Gasteiger partial charge in [0.1, 0.15) is 11.5 Å². The van der Waals surface area contributed by atoms with Crippen molar-refractivity contribution in [2.24, 2.45) is 5.92 Å². The summed E-state index contributed by atoms with van der Waals surface area (Å²) >= 11 is 0. The van der Waals surface area contributed by atoms with Crippen molar-refractivity contribution in [2.75, 3.05) is 0 Å². The van der Waals surface area contributed by atoms with E-state index in [2.05, 4.69) is 16.9 Å². The second-order valence-electron chi connectivity index (χ2n) is 6.05. The summed E-state index contributed by atoms with van der Waals surface area (Å²) in [4.78, 5) is 19.6. The molecule has 1 atom stereocenters. The summed E-state index contributed by atoms with van der Waals surface area (Å²) in [6.45, 7) is 5.78. The summed E-state index contributed by atoms with van der Waals surface area (Å²) in [5, 5.41) is 0. The Morgan fingerprint density at radius 1 is 1.29 bits per heavy atom. The highest BCUT2D eigenvalue weighted by atomic mass is 16.5. The number of carbonyl (C=O) groups excluding carboxylic acids is 1. The lowest BCUT2D eigenvalue weighted by Gasteiger charge is -2.06. The summed E-state index contributed by atoms with van der Waals surface area (Å²) in [5.74, 6) is 1.67.